The highest BCUT2D eigenvalue weighted by Crippen LogP contribution is 2.36. The van der Waals surface area contributed by atoms with Crippen LogP contribution in [0, 0.1) is 0 Å². The molecular weight excluding hydrogens is 430 g/mol. The topological polar surface area (TPSA) is 132 Å². The number of hydrogen-bond acceptors (Lipinski definition) is 8. The van der Waals surface area contributed by atoms with Gasteiger partial charge in [0.05, 0.1) is 0 Å². The molecule has 1 atom stereocenters. The van der Waals surface area contributed by atoms with E-state index in [1.54, 1.807) is 19.1 Å². The average Bonchev–Trinajstić information content (AvgIpc) is 3.10. The lowest BCUT2D eigenvalue weighted by atomic mass is 10.1. The van der Waals surface area contributed by atoms with Gasteiger partial charge >= 0.3 is 6.61 Å². The summed E-state index contributed by atoms with van der Waals surface area (Å²) >= 11 is 0.949. The minimum absolute atomic E-state index is 0.0317. The van der Waals surface area contributed by atoms with Crippen LogP contribution in [0.5, 0.6) is 11.5 Å². The third-order valence-corrected chi connectivity index (χ3v) is 5.39. The molecule has 11 heteroatoms. The van der Waals surface area contributed by atoms with E-state index >= 15 is 0 Å². The predicted molar refractivity (Wildman–Crippen MR) is 112 cm³/mol. The number of nitrogens with zero attached hydrogens (tertiary/aromatic N) is 2. The van der Waals surface area contributed by atoms with Gasteiger partial charge in [0, 0.05) is 11.3 Å². The van der Waals surface area contributed by atoms with Crippen LogP contribution in [0.3, 0.4) is 0 Å². The molecule has 5 N–H and O–H groups in total. The van der Waals surface area contributed by atoms with Crippen molar-refractivity contribution in [3.05, 3.63) is 59.0 Å². The number of hydrogen-bond donors (Lipinski definition) is 3. The van der Waals surface area contributed by atoms with Gasteiger partial charge in [-0.15, -0.1) is 0 Å². The smallest absolute Gasteiger partial charge is 0.387 e. The van der Waals surface area contributed by atoms with Crippen LogP contribution in [0.1, 0.15) is 22.2 Å². The molecule has 1 heterocycles. The van der Waals surface area contributed by atoms with E-state index in [0.717, 1.165) is 11.3 Å². The monoisotopic (exact) mass is 448 g/mol. The molecule has 8 nitrogen and oxygen atoms in total. The van der Waals surface area contributed by atoms with Gasteiger partial charge in [0.1, 0.15) is 28.2 Å². The van der Waals surface area contributed by atoms with Crippen molar-refractivity contribution in [2.45, 2.75) is 19.6 Å². The fourth-order valence-electron chi connectivity index (χ4n) is 2.74. The molecule has 1 aromatic heterocycles. The van der Waals surface area contributed by atoms with Crippen LogP contribution in [-0.4, -0.2) is 34.4 Å². The number of alkyl halides is 2. The number of primary amides is 1. The lowest BCUT2D eigenvalue weighted by Gasteiger charge is -2.26. The highest BCUT2D eigenvalue weighted by molar-refractivity contribution is 7.18. The molecule has 0 saturated carbocycles. The van der Waals surface area contributed by atoms with Crippen LogP contribution < -0.4 is 21.1 Å². The quantitative estimate of drug-likeness (QED) is 0.451. The summed E-state index contributed by atoms with van der Waals surface area (Å²) in [7, 11) is 0. The van der Waals surface area contributed by atoms with Gasteiger partial charge in [0.25, 0.3) is 0 Å². The van der Waals surface area contributed by atoms with Crippen molar-refractivity contribution in [1.82, 2.24) is 4.98 Å². The van der Waals surface area contributed by atoms with Gasteiger partial charge in [-0.2, -0.15) is 8.78 Å². The highest BCUT2D eigenvalue weighted by atomic mass is 32.1. The second kappa shape index (κ2) is 8.96. The summed E-state index contributed by atoms with van der Waals surface area (Å²) in [4.78, 5) is 30.6. The molecule has 3 rings (SSSR count). The standard InChI is InChI=1S/C20H18F2N4O4S/c1-10(18(24)29)26(12-4-6-13(27)7-5-12)20-25-17(23)16(31-20)15(28)11-2-8-14(9-3-11)30-19(21)22/h2-10,19,27H,23H2,1H3,(H2,24,29). The number of amides is 1. The number of rotatable bonds is 8. The maximum atomic E-state index is 12.9. The first-order valence-electron chi connectivity index (χ1n) is 8.91. The maximum Gasteiger partial charge on any atom is 0.387 e. The number of aromatic hydroxyl groups is 1. The predicted octanol–water partition coefficient (Wildman–Crippen LogP) is 3.28. The number of carbonyl (C=O) groups is 2. The lowest BCUT2D eigenvalue weighted by molar-refractivity contribution is -0.118. The number of ketones is 1. The Bertz CT molecular complexity index is 1090. The number of thiazole rings is 1. The first-order chi connectivity index (χ1) is 14.7. The van der Waals surface area contributed by atoms with Crippen LogP contribution in [0.25, 0.3) is 0 Å². The molecule has 0 spiro atoms. The molecule has 0 bridgehead atoms. The van der Waals surface area contributed by atoms with Crippen molar-refractivity contribution in [3.8, 4) is 11.5 Å². The minimum atomic E-state index is -2.97. The van der Waals surface area contributed by atoms with Crippen LogP contribution in [0.15, 0.2) is 48.5 Å². The van der Waals surface area contributed by atoms with E-state index in [0.29, 0.717) is 5.69 Å². The van der Waals surface area contributed by atoms with Gasteiger partial charge < -0.3 is 26.2 Å². The fraction of sp³-hybridized carbons (Fsp3) is 0.150. The number of aromatic nitrogens is 1. The lowest BCUT2D eigenvalue weighted by Crippen LogP contribution is -2.39. The Morgan fingerprint density at radius 2 is 1.74 bits per heavy atom. The zero-order chi connectivity index (χ0) is 22.7. The third kappa shape index (κ3) is 4.89. The summed E-state index contributed by atoms with van der Waals surface area (Å²) in [5, 5.41) is 9.78. The van der Waals surface area contributed by atoms with E-state index in [1.165, 1.54) is 41.3 Å². The Hall–Kier alpha value is -3.73. The van der Waals surface area contributed by atoms with Crippen molar-refractivity contribution in [2.75, 3.05) is 10.6 Å². The number of phenols is 1. The molecular formula is C20H18F2N4O4S. The molecule has 0 aliphatic carbocycles. The van der Waals surface area contributed by atoms with E-state index in [4.69, 9.17) is 11.5 Å². The number of phenolic OH excluding ortho intramolecular Hbond substituents is 1. The van der Waals surface area contributed by atoms with Crippen molar-refractivity contribution >= 4 is 39.7 Å². The number of ether oxygens (including phenoxy) is 1. The van der Waals surface area contributed by atoms with Gasteiger partial charge in [-0.05, 0) is 55.5 Å². The normalized spacial score (nSPS) is 11.9. The van der Waals surface area contributed by atoms with Crippen LogP contribution in [0.2, 0.25) is 0 Å². The van der Waals surface area contributed by atoms with Crippen LogP contribution in [-0.2, 0) is 4.79 Å². The van der Waals surface area contributed by atoms with Crippen molar-refractivity contribution < 1.29 is 28.2 Å². The Morgan fingerprint density at radius 1 is 1.13 bits per heavy atom. The van der Waals surface area contributed by atoms with Crippen molar-refractivity contribution in [2.24, 2.45) is 5.73 Å². The summed E-state index contributed by atoms with van der Waals surface area (Å²) < 4.78 is 28.9. The van der Waals surface area contributed by atoms with Crippen molar-refractivity contribution in [3.63, 3.8) is 0 Å². The third-order valence-electron chi connectivity index (χ3n) is 4.32. The highest BCUT2D eigenvalue weighted by Gasteiger charge is 2.27. The minimum Gasteiger partial charge on any atom is -0.508 e. The molecule has 0 aliphatic heterocycles. The van der Waals surface area contributed by atoms with E-state index < -0.39 is 24.3 Å². The number of nitrogens with two attached hydrogens (primary N) is 2. The van der Waals surface area contributed by atoms with Crippen LogP contribution in [0.4, 0.5) is 25.4 Å². The van der Waals surface area contributed by atoms with Gasteiger partial charge in [-0.3, -0.25) is 9.59 Å². The zero-order valence-electron chi connectivity index (χ0n) is 16.2. The number of carbonyl (C=O) groups excluding carboxylic acids is 2. The largest absolute Gasteiger partial charge is 0.508 e. The molecule has 2 aromatic carbocycles. The Kier molecular flexibility index (Phi) is 6.35. The van der Waals surface area contributed by atoms with Gasteiger partial charge in [0.15, 0.2) is 5.13 Å². The second-order valence-corrected chi connectivity index (χ2v) is 7.39. The number of anilines is 3. The van der Waals surface area contributed by atoms with E-state index in [9.17, 15) is 23.5 Å². The Labute approximate surface area is 179 Å². The molecule has 31 heavy (non-hydrogen) atoms. The fourth-order valence-corrected chi connectivity index (χ4v) is 3.79. The first-order valence-corrected chi connectivity index (χ1v) is 9.72. The average molecular weight is 448 g/mol. The first kappa shape index (κ1) is 22.0. The van der Waals surface area contributed by atoms with Crippen molar-refractivity contribution in [1.29, 1.82) is 0 Å². The van der Waals surface area contributed by atoms with Crippen LogP contribution >= 0.6 is 11.3 Å². The molecule has 1 unspecified atom stereocenters. The second-order valence-electron chi connectivity index (χ2n) is 6.41. The molecule has 0 aliphatic rings. The number of halogens is 2. The summed E-state index contributed by atoms with van der Waals surface area (Å²) in [6.45, 7) is -1.41. The SMILES string of the molecule is CC(C(N)=O)N(c1ccc(O)cc1)c1nc(N)c(C(=O)c2ccc(OC(F)F)cc2)s1. The maximum absolute atomic E-state index is 12.9. The molecule has 162 valence electrons. The van der Waals surface area contributed by atoms with E-state index in [1.807, 2.05) is 0 Å². The molecule has 0 radical (unpaired) electrons. The molecule has 0 fully saturated rings. The Balaban J connectivity index is 1.95. The number of nitrogen functional groups attached to an aromatic ring is 1. The van der Waals surface area contributed by atoms with Gasteiger partial charge in [0.2, 0.25) is 11.7 Å². The number of benzene rings is 2. The van der Waals surface area contributed by atoms with E-state index in [-0.39, 0.29) is 32.9 Å². The van der Waals surface area contributed by atoms with E-state index in [2.05, 4.69) is 9.72 Å². The van der Waals surface area contributed by atoms with Gasteiger partial charge in [-0.25, -0.2) is 4.98 Å². The summed E-state index contributed by atoms with van der Waals surface area (Å²) in [5.41, 5.74) is 12.1. The van der Waals surface area contributed by atoms with Gasteiger partial charge in [-0.1, -0.05) is 11.3 Å². The summed E-state index contributed by atoms with van der Waals surface area (Å²) in [6, 6.07) is 10.3. The molecule has 0 saturated heterocycles. The molecule has 1 amide bonds. The summed E-state index contributed by atoms with van der Waals surface area (Å²) in [5.74, 6) is -1.22. The zero-order valence-corrected chi connectivity index (χ0v) is 17.0. The summed E-state index contributed by atoms with van der Waals surface area (Å²) in [6.07, 6.45) is 0. The Morgan fingerprint density at radius 3 is 2.29 bits per heavy atom. The molecule has 3 aromatic rings.